The number of anilines is 1. The molecule has 1 heterocycles. The van der Waals surface area contributed by atoms with E-state index in [0.717, 1.165) is 13.1 Å². The van der Waals surface area contributed by atoms with Crippen LogP contribution in [0.15, 0.2) is 36.7 Å². The van der Waals surface area contributed by atoms with E-state index in [0.29, 0.717) is 5.82 Å². The highest BCUT2D eigenvalue weighted by molar-refractivity contribution is 5.84. The summed E-state index contributed by atoms with van der Waals surface area (Å²) in [7, 11) is 0. The number of carbonyl (C=O) groups is 1. The van der Waals surface area contributed by atoms with E-state index >= 15 is 0 Å². The minimum atomic E-state index is -1.06. The molecule has 20 heavy (non-hydrogen) atoms. The summed E-state index contributed by atoms with van der Waals surface area (Å²) < 4.78 is 0. The molecule has 0 saturated carbocycles. The largest absolute Gasteiger partial charge is 0.476 e. The first-order valence-electron chi connectivity index (χ1n) is 6.46. The van der Waals surface area contributed by atoms with Gasteiger partial charge in [-0.3, -0.25) is 0 Å². The van der Waals surface area contributed by atoms with Crippen molar-refractivity contribution in [1.29, 1.82) is 0 Å². The van der Waals surface area contributed by atoms with Crippen molar-refractivity contribution in [2.75, 3.05) is 11.4 Å². The van der Waals surface area contributed by atoms with Gasteiger partial charge in [-0.1, -0.05) is 24.3 Å². The second-order valence-electron chi connectivity index (χ2n) is 4.51. The van der Waals surface area contributed by atoms with E-state index in [-0.39, 0.29) is 5.69 Å². The molecule has 0 saturated heterocycles. The maximum Gasteiger partial charge on any atom is 0.356 e. The lowest BCUT2D eigenvalue weighted by molar-refractivity contribution is 0.0690. The number of nitrogens with zero attached hydrogens (tertiary/aromatic N) is 3. The average Bonchev–Trinajstić information content (AvgIpc) is 2.46. The van der Waals surface area contributed by atoms with Crippen LogP contribution < -0.4 is 4.90 Å². The first kappa shape index (κ1) is 14.0. The summed E-state index contributed by atoms with van der Waals surface area (Å²) in [5.41, 5.74) is 2.40. The summed E-state index contributed by atoms with van der Waals surface area (Å²) >= 11 is 0. The van der Waals surface area contributed by atoms with Gasteiger partial charge in [-0.15, -0.1) is 0 Å². The molecular formula is C15H17N3O2. The molecule has 0 fully saturated rings. The van der Waals surface area contributed by atoms with Crippen LogP contribution in [0.3, 0.4) is 0 Å². The average molecular weight is 271 g/mol. The van der Waals surface area contributed by atoms with Crippen molar-refractivity contribution in [2.45, 2.75) is 20.4 Å². The molecule has 5 nitrogen and oxygen atoms in total. The zero-order chi connectivity index (χ0) is 14.5. The third kappa shape index (κ3) is 3.12. The van der Waals surface area contributed by atoms with E-state index in [9.17, 15) is 4.79 Å². The van der Waals surface area contributed by atoms with Crippen LogP contribution in [-0.4, -0.2) is 27.6 Å². The first-order chi connectivity index (χ1) is 9.61. The smallest absolute Gasteiger partial charge is 0.356 e. The van der Waals surface area contributed by atoms with Crippen LogP contribution in [0.1, 0.15) is 28.5 Å². The molecular weight excluding hydrogens is 254 g/mol. The summed E-state index contributed by atoms with van der Waals surface area (Å²) in [5.74, 6) is -0.383. The van der Waals surface area contributed by atoms with Crippen LogP contribution >= 0.6 is 0 Å². The summed E-state index contributed by atoms with van der Waals surface area (Å²) in [6, 6.07) is 8.17. The maximum atomic E-state index is 10.8. The minimum Gasteiger partial charge on any atom is -0.476 e. The Balaban J connectivity index is 2.20. The topological polar surface area (TPSA) is 66.3 Å². The Morgan fingerprint density at radius 1 is 1.25 bits per heavy atom. The van der Waals surface area contributed by atoms with Crippen molar-refractivity contribution in [3.63, 3.8) is 0 Å². The number of aromatic nitrogens is 2. The van der Waals surface area contributed by atoms with E-state index in [1.807, 2.05) is 19.1 Å². The van der Waals surface area contributed by atoms with Crippen molar-refractivity contribution in [3.8, 4) is 0 Å². The van der Waals surface area contributed by atoms with Gasteiger partial charge in [0.2, 0.25) is 0 Å². The molecule has 0 aliphatic rings. The van der Waals surface area contributed by atoms with Crippen molar-refractivity contribution in [1.82, 2.24) is 9.97 Å². The summed E-state index contributed by atoms with van der Waals surface area (Å²) in [6.45, 7) is 5.60. The number of carboxylic acid groups (broad SMARTS) is 1. The van der Waals surface area contributed by atoms with Gasteiger partial charge in [0.05, 0.1) is 12.4 Å². The number of hydrogen-bond acceptors (Lipinski definition) is 4. The van der Waals surface area contributed by atoms with Crippen molar-refractivity contribution in [3.05, 3.63) is 53.5 Å². The van der Waals surface area contributed by atoms with Crippen LogP contribution in [0.4, 0.5) is 5.82 Å². The Bertz CT molecular complexity index is 596. The van der Waals surface area contributed by atoms with E-state index in [4.69, 9.17) is 5.11 Å². The SMILES string of the molecule is CCN(Cc1ccccc1C)c1cnc(C(=O)O)cn1. The normalized spacial score (nSPS) is 10.3. The first-order valence-corrected chi connectivity index (χ1v) is 6.46. The van der Waals surface area contributed by atoms with E-state index in [1.54, 1.807) is 0 Å². The molecule has 1 aromatic carbocycles. The highest BCUT2D eigenvalue weighted by atomic mass is 16.4. The van der Waals surface area contributed by atoms with E-state index < -0.39 is 5.97 Å². The molecule has 104 valence electrons. The zero-order valence-corrected chi connectivity index (χ0v) is 11.6. The molecule has 1 N–H and O–H groups in total. The van der Waals surface area contributed by atoms with Gasteiger partial charge in [-0.05, 0) is 25.0 Å². The number of aryl methyl sites for hydroxylation is 1. The molecule has 0 radical (unpaired) electrons. The lowest BCUT2D eigenvalue weighted by Gasteiger charge is -2.22. The predicted octanol–water partition coefficient (Wildman–Crippen LogP) is 2.51. The molecule has 0 aliphatic heterocycles. The highest BCUT2D eigenvalue weighted by Crippen LogP contribution is 2.15. The maximum absolute atomic E-state index is 10.8. The van der Waals surface area contributed by atoms with Crippen LogP contribution in [0.25, 0.3) is 0 Å². The Kier molecular flexibility index (Phi) is 4.30. The molecule has 1 aromatic heterocycles. The summed E-state index contributed by atoms with van der Waals surface area (Å²) in [6.07, 6.45) is 2.80. The van der Waals surface area contributed by atoms with Gasteiger partial charge in [0, 0.05) is 13.1 Å². The minimum absolute atomic E-state index is 0.0410. The zero-order valence-electron chi connectivity index (χ0n) is 11.6. The fourth-order valence-corrected chi connectivity index (χ4v) is 1.94. The van der Waals surface area contributed by atoms with Gasteiger partial charge in [0.1, 0.15) is 5.82 Å². The second kappa shape index (κ2) is 6.14. The molecule has 0 spiro atoms. The second-order valence-corrected chi connectivity index (χ2v) is 4.51. The molecule has 0 amide bonds. The van der Waals surface area contributed by atoms with Crippen LogP contribution in [0.5, 0.6) is 0 Å². The molecule has 5 heteroatoms. The van der Waals surface area contributed by atoms with Crippen molar-refractivity contribution >= 4 is 11.8 Å². The molecule has 2 rings (SSSR count). The Morgan fingerprint density at radius 3 is 2.55 bits per heavy atom. The van der Waals surface area contributed by atoms with E-state index in [1.165, 1.54) is 23.5 Å². The Labute approximate surface area is 117 Å². The van der Waals surface area contributed by atoms with E-state index in [2.05, 4.69) is 33.9 Å². The van der Waals surface area contributed by atoms with Crippen molar-refractivity contribution < 1.29 is 9.90 Å². The number of benzene rings is 1. The summed E-state index contributed by atoms with van der Waals surface area (Å²) in [5, 5.41) is 8.83. The monoisotopic (exact) mass is 271 g/mol. The van der Waals surface area contributed by atoms with Crippen LogP contribution in [0, 0.1) is 6.92 Å². The Morgan fingerprint density at radius 2 is 2.00 bits per heavy atom. The lowest BCUT2D eigenvalue weighted by atomic mass is 10.1. The number of aromatic carboxylic acids is 1. The van der Waals surface area contributed by atoms with Gasteiger partial charge >= 0.3 is 5.97 Å². The van der Waals surface area contributed by atoms with Crippen LogP contribution in [-0.2, 0) is 6.54 Å². The highest BCUT2D eigenvalue weighted by Gasteiger charge is 2.10. The third-order valence-corrected chi connectivity index (χ3v) is 3.19. The van der Waals surface area contributed by atoms with Gasteiger partial charge < -0.3 is 10.0 Å². The Hall–Kier alpha value is -2.43. The number of hydrogen-bond donors (Lipinski definition) is 1. The van der Waals surface area contributed by atoms with Crippen LogP contribution in [0.2, 0.25) is 0 Å². The molecule has 2 aromatic rings. The predicted molar refractivity (Wildman–Crippen MR) is 76.9 cm³/mol. The van der Waals surface area contributed by atoms with Crippen molar-refractivity contribution in [2.24, 2.45) is 0 Å². The fourth-order valence-electron chi connectivity index (χ4n) is 1.94. The quantitative estimate of drug-likeness (QED) is 0.905. The van der Waals surface area contributed by atoms with Gasteiger partial charge in [-0.2, -0.15) is 0 Å². The lowest BCUT2D eigenvalue weighted by Crippen LogP contribution is -2.24. The molecule has 0 atom stereocenters. The standard InChI is InChI=1S/C15H17N3O2/c1-3-18(10-12-7-5-4-6-11(12)2)14-9-16-13(8-17-14)15(19)20/h4-9H,3,10H2,1-2H3,(H,19,20). The number of rotatable bonds is 5. The van der Waals surface area contributed by atoms with Gasteiger partial charge in [0.25, 0.3) is 0 Å². The van der Waals surface area contributed by atoms with Gasteiger partial charge in [0.15, 0.2) is 5.69 Å². The van der Waals surface area contributed by atoms with Gasteiger partial charge in [-0.25, -0.2) is 14.8 Å². The molecule has 0 unspecified atom stereocenters. The molecule has 0 aliphatic carbocycles. The summed E-state index contributed by atoms with van der Waals surface area (Å²) in [4.78, 5) is 20.9. The fraction of sp³-hybridized carbons (Fsp3) is 0.267. The molecule has 0 bridgehead atoms. The number of carboxylic acids is 1. The third-order valence-electron chi connectivity index (χ3n) is 3.19.